The molecule has 0 saturated heterocycles. The van der Waals surface area contributed by atoms with Crippen LogP contribution in [0.5, 0.6) is 0 Å². The SMILES string of the molecule is Cc1ccc(S)cc1C(=O)Nc1c(C)cc(Br)cc1C. The lowest BCUT2D eigenvalue weighted by molar-refractivity contribution is 0.102. The molecule has 0 aliphatic heterocycles. The Morgan fingerprint density at radius 1 is 1.05 bits per heavy atom. The van der Waals surface area contributed by atoms with Gasteiger partial charge in [-0.3, -0.25) is 4.79 Å². The lowest BCUT2D eigenvalue weighted by Crippen LogP contribution is -2.15. The highest BCUT2D eigenvalue weighted by Gasteiger charge is 2.12. The van der Waals surface area contributed by atoms with Crippen LogP contribution in [0.2, 0.25) is 0 Å². The van der Waals surface area contributed by atoms with Crippen LogP contribution in [0.25, 0.3) is 0 Å². The molecule has 0 fully saturated rings. The van der Waals surface area contributed by atoms with Gasteiger partial charge in [0.2, 0.25) is 0 Å². The van der Waals surface area contributed by atoms with Crippen molar-refractivity contribution in [3.8, 4) is 0 Å². The molecule has 1 amide bonds. The third-order valence-corrected chi connectivity index (χ3v) is 3.94. The van der Waals surface area contributed by atoms with Gasteiger partial charge in [0.15, 0.2) is 0 Å². The second kappa shape index (κ2) is 6.02. The van der Waals surface area contributed by atoms with E-state index in [1.165, 1.54) is 0 Å². The van der Waals surface area contributed by atoms with Gasteiger partial charge < -0.3 is 5.32 Å². The number of thiol groups is 1. The van der Waals surface area contributed by atoms with E-state index in [2.05, 4.69) is 33.9 Å². The van der Waals surface area contributed by atoms with Crippen LogP contribution in [-0.2, 0) is 0 Å². The van der Waals surface area contributed by atoms with E-state index in [0.29, 0.717) is 5.56 Å². The van der Waals surface area contributed by atoms with Gasteiger partial charge in [-0.05, 0) is 61.7 Å². The van der Waals surface area contributed by atoms with Gasteiger partial charge in [0.25, 0.3) is 5.91 Å². The summed E-state index contributed by atoms with van der Waals surface area (Å²) in [6.07, 6.45) is 0. The van der Waals surface area contributed by atoms with Crippen LogP contribution in [-0.4, -0.2) is 5.91 Å². The van der Waals surface area contributed by atoms with Crippen LogP contribution < -0.4 is 5.32 Å². The van der Waals surface area contributed by atoms with Crippen LogP contribution >= 0.6 is 28.6 Å². The second-order valence-electron chi connectivity index (χ2n) is 4.87. The number of anilines is 1. The van der Waals surface area contributed by atoms with Crippen molar-refractivity contribution in [3.63, 3.8) is 0 Å². The number of rotatable bonds is 2. The fraction of sp³-hybridized carbons (Fsp3) is 0.188. The van der Waals surface area contributed by atoms with Gasteiger partial charge >= 0.3 is 0 Å². The van der Waals surface area contributed by atoms with E-state index in [1.54, 1.807) is 6.07 Å². The van der Waals surface area contributed by atoms with Gasteiger partial charge in [-0.1, -0.05) is 22.0 Å². The Bertz CT molecular complexity index is 659. The summed E-state index contributed by atoms with van der Waals surface area (Å²) in [7, 11) is 0. The highest BCUT2D eigenvalue weighted by molar-refractivity contribution is 9.10. The molecule has 2 nitrogen and oxygen atoms in total. The van der Waals surface area contributed by atoms with Crippen LogP contribution in [0.1, 0.15) is 27.0 Å². The quantitative estimate of drug-likeness (QED) is 0.740. The van der Waals surface area contributed by atoms with E-state index < -0.39 is 0 Å². The van der Waals surface area contributed by atoms with Gasteiger partial charge in [0.05, 0.1) is 0 Å². The van der Waals surface area contributed by atoms with Gasteiger partial charge in [0, 0.05) is 20.6 Å². The molecule has 0 aromatic heterocycles. The number of hydrogen-bond acceptors (Lipinski definition) is 2. The summed E-state index contributed by atoms with van der Waals surface area (Å²) in [6.45, 7) is 5.88. The van der Waals surface area contributed by atoms with Gasteiger partial charge in [-0.2, -0.15) is 0 Å². The Morgan fingerprint density at radius 2 is 1.65 bits per heavy atom. The zero-order chi connectivity index (χ0) is 14.9. The highest BCUT2D eigenvalue weighted by Crippen LogP contribution is 2.26. The molecule has 1 N–H and O–H groups in total. The van der Waals surface area contributed by atoms with E-state index in [0.717, 1.165) is 31.7 Å². The van der Waals surface area contributed by atoms with E-state index in [4.69, 9.17) is 0 Å². The first kappa shape index (κ1) is 15.1. The van der Waals surface area contributed by atoms with Gasteiger partial charge in [-0.15, -0.1) is 12.6 Å². The van der Waals surface area contributed by atoms with Crippen molar-refractivity contribution in [2.75, 3.05) is 5.32 Å². The molecular formula is C16H16BrNOS. The summed E-state index contributed by atoms with van der Waals surface area (Å²) >= 11 is 7.75. The summed E-state index contributed by atoms with van der Waals surface area (Å²) in [4.78, 5) is 13.2. The van der Waals surface area contributed by atoms with E-state index in [9.17, 15) is 4.79 Å². The first-order valence-electron chi connectivity index (χ1n) is 6.26. The Morgan fingerprint density at radius 3 is 2.25 bits per heavy atom. The number of carbonyl (C=O) groups excluding carboxylic acids is 1. The summed E-state index contributed by atoms with van der Waals surface area (Å²) in [5, 5.41) is 3.00. The van der Waals surface area contributed by atoms with Crippen LogP contribution in [0, 0.1) is 20.8 Å². The number of carbonyl (C=O) groups is 1. The molecule has 0 unspecified atom stereocenters. The first-order chi connectivity index (χ1) is 9.38. The Kier molecular flexibility index (Phi) is 4.55. The van der Waals surface area contributed by atoms with E-state index >= 15 is 0 Å². The molecule has 0 spiro atoms. The number of nitrogens with one attached hydrogen (secondary N) is 1. The number of amides is 1. The summed E-state index contributed by atoms with van der Waals surface area (Å²) in [5.74, 6) is -0.105. The van der Waals surface area contributed by atoms with E-state index in [1.807, 2.05) is 45.0 Å². The standard InChI is InChI=1S/C16H16BrNOS/c1-9-4-5-13(20)8-14(9)16(19)18-15-10(2)6-12(17)7-11(15)3/h4-8,20H,1-3H3,(H,18,19). The summed E-state index contributed by atoms with van der Waals surface area (Å²) in [6, 6.07) is 9.55. The average molecular weight is 350 g/mol. The molecule has 2 rings (SSSR count). The fourth-order valence-electron chi connectivity index (χ4n) is 2.14. The van der Waals surface area contributed by atoms with Crippen molar-refractivity contribution in [2.45, 2.75) is 25.7 Å². The number of benzene rings is 2. The van der Waals surface area contributed by atoms with Crippen molar-refractivity contribution in [2.24, 2.45) is 0 Å². The molecule has 0 aliphatic carbocycles. The molecular weight excluding hydrogens is 334 g/mol. The van der Waals surface area contributed by atoms with Crippen LogP contribution in [0.15, 0.2) is 39.7 Å². The highest BCUT2D eigenvalue weighted by atomic mass is 79.9. The maximum absolute atomic E-state index is 12.4. The lowest BCUT2D eigenvalue weighted by atomic mass is 10.1. The molecule has 2 aromatic carbocycles. The lowest BCUT2D eigenvalue weighted by Gasteiger charge is -2.13. The van der Waals surface area contributed by atoms with Crippen molar-refractivity contribution < 1.29 is 4.79 Å². The van der Waals surface area contributed by atoms with Gasteiger partial charge in [0.1, 0.15) is 0 Å². The Labute approximate surface area is 133 Å². The predicted molar refractivity (Wildman–Crippen MR) is 90.0 cm³/mol. The minimum Gasteiger partial charge on any atom is -0.321 e. The maximum atomic E-state index is 12.4. The fourth-order valence-corrected chi connectivity index (χ4v) is 3.03. The van der Waals surface area contributed by atoms with Crippen molar-refractivity contribution in [1.82, 2.24) is 0 Å². The molecule has 2 aromatic rings. The summed E-state index contributed by atoms with van der Waals surface area (Å²) in [5.41, 5.74) is 4.52. The molecule has 104 valence electrons. The predicted octanol–water partition coefficient (Wildman–Crippen LogP) is 4.92. The number of aryl methyl sites for hydroxylation is 3. The molecule has 0 bridgehead atoms. The smallest absolute Gasteiger partial charge is 0.255 e. The van der Waals surface area contributed by atoms with Crippen LogP contribution in [0.3, 0.4) is 0 Å². The van der Waals surface area contributed by atoms with Crippen LogP contribution in [0.4, 0.5) is 5.69 Å². The first-order valence-corrected chi connectivity index (χ1v) is 7.50. The Hall–Kier alpha value is -1.26. The molecule has 20 heavy (non-hydrogen) atoms. The molecule has 0 heterocycles. The maximum Gasteiger partial charge on any atom is 0.255 e. The zero-order valence-electron chi connectivity index (χ0n) is 11.6. The minimum atomic E-state index is -0.105. The van der Waals surface area contributed by atoms with Crippen molar-refractivity contribution in [3.05, 3.63) is 57.1 Å². The monoisotopic (exact) mass is 349 g/mol. The minimum absolute atomic E-state index is 0.105. The molecule has 0 aliphatic rings. The zero-order valence-corrected chi connectivity index (χ0v) is 14.1. The van der Waals surface area contributed by atoms with Gasteiger partial charge in [-0.25, -0.2) is 0 Å². The molecule has 0 radical (unpaired) electrons. The number of halogens is 1. The van der Waals surface area contributed by atoms with Crippen molar-refractivity contribution in [1.29, 1.82) is 0 Å². The topological polar surface area (TPSA) is 29.1 Å². The largest absolute Gasteiger partial charge is 0.321 e. The normalized spacial score (nSPS) is 10.4. The third kappa shape index (κ3) is 3.25. The molecule has 0 saturated carbocycles. The Balaban J connectivity index is 2.35. The van der Waals surface area contributed by atoms with Crippen molar-refractivity contribution >= 4 is 40.2 Å². The molecule has 0 atom stereocenters. The number of hydrogen-bond donors (Lipinski definition) is 2. The average Bonchev–Trinajstić information content (AvgIpc) is 2.36. The summed E-state index contributed by atoms with van der Waals surface area (Å²) < 4.78 is 1.01. The molecule has 4 heteroatoms. The third-order valence-electron chi connectivity index (χ3n) is 3.20. The van der Waals surface area contributed by atoms with E-state index in [-0.39, 0.29) is 5.91 Å². The second-order valence-corrected chi connectivity index (χ2v) is 6.30.